The van der Waals surface area contributed by atoms with E-state index in [0.29, 0.717) is 0 Å². The van der Waals surface area contributed by atoms with Gasteiger partial charge in [-0.2, -0.15) is 4.98 Å². The normalized spacial score (nSPS) is 37.7. The SMILES string of the molecule is CC(CN=CN)[C@@](N)(O)[C@@H]1OP(C)(=O)OC[C@H]2O[C@@H](n3cnc4c(=O)[nH]c(N)nc43)[C@H](OP(=O)(O)OC[C@H]1O)[C@@H]2O. The lowest BCUT2D eigenvalue weighted by Crippen LogP contribution is -2.62. The summed E-state index contributed by atoms with van der Waals surface area (Å²) in [5, 5.41) is 32.8. The highest BCUT2D eigenvalue weighted by atomic mass is 31.2. The lowest BCUT2D eigenvalue weighted by Gasteiger charge is -2.39. The van der Waals surface area contributed by atoms with Crippen LogP contribution in [-0.4, -0.2) is 109 Å². The monoisotopic (exact) mass is 626 g/mol. The number of nitrogens with zero attached hydrogens (tertiary/aromatic N) is 4. The van der Waals surface area contributed by atoms with Gasteiger partial charge >= 0.3 is 15.4 Å². The highest BCUT2D eigenvalue weighted by molar-refractivity contribution is 7.53. The third-order valence-corrected chi connectivity index (χ3v) is 8.77. The van der Waals surface area contributed by atoms with E-state index in [4.69, 9.17) is 40.0 Å². The molecule has 2 aliphatic heterocycles. The quantitative estimate of drug-likeness (QED) is 0.0726. The summed E-state index contributed by atoms with van der Waals surface area (Å²) < 4.78 is 54.2. The van der Waals surface area contributed by atoms with E-state index in [1.165, 1.54) is 6.92 Å². The predicted molar refractivity (Wildman–Crippen MR) is 139 cm³/mol. The summed E-state index contributed by atoms with van der Waals surface area (Å²) in [7, 11) is -9.33. The maximum atomic E-state index is 13.3. The first-order chi connectivity index (χ1) is 19.1. The molecule has 0 aromatic carbocycles. The van der Waals surface area contributed by atoms with Gasteiger partial charge in [-0.25, -0.2) is 9.55 Å². The molecule has 22 heteroatoms. The molecule has 20 nitrogen and oxygen atoms in total. The fourth-order valence-corrected chi connectivity index (χ4v) is 6.46. The minimum Gasteiger partial charge on any atom is -0.390 e. The number of nitrogen functional groups attached to an aromatic ring is 1. The van der Waals surface area contributed by atoms with Crippen molar-refractivity contribution < 1.29 is 52.2 Å². The molecule has 4 rings (SSSR count). The van der Waals surface area contributed by atoms with Gasteiger partial charge < -0.3 is 46.7 Å². The number of aliphatic hydroxyl groups is 3. The molecule has 0 saturated carbocycles. The van der Waals surface area contributed by atoms with Crippen molar-refractivity contribution in [2.24, 2.45) is 22.4 Å². The Bertz CT molecular complexity index is 1430. The zero-order chi connectivity index (χ0) is 30.3. The first kappa shape index (κ1) is 31.6. The summed E-state index contributed by atoms with van der Waals surface area (Å²) in [5.41, 5.74) is 13.5. The number of fused-ring (bicyclic) bond motifs is 3. The van der Waals surface area contributed by atoms with Gasteiger partial charge in [0, 0.05) is 19.1 Å². The molecular formula is C19H32N8O12P2. The van der Waals surface area contributed by atoms with Crippen LogP contribution in [0.25, 0.3) is 11.2 Å². The minimum absolute atomic E-state index is 0.105. The molecule has 2 aliphatic rings. The number of hydrogen-bond donors (Lipinski definition) is 8. The van der Waals surface area contributed by atoms with E-state index in [2.05, 4.69) is 19.9 Å². The number of aliphatic imine (C=N–C) groups is 1. The molecule has 2 saturated heterocycles. The van der Waals surface area contributed by atoms with Gasteiger partial charge in [0.15, 0.2) is 17.4 Å². The minimum atomic E-state index is -5.12. The Morgan fingerprint density at radius 2 is 2.02 bits per heavy atom. The summed E-state index contributed by atoms with van der Waals surface area (Å²) in [6.07, 6.45) is -7.97. The third kappa shape index (κ3) is 6.69. The molecule has 0 amide bonds. The number of ether oxygens (including phenoxy) is 1. The number of aliphatic hydroxyl groups excluding tert-OH is 2. The molecule has 2 aromatic heterocycles. The van der Waals surface area contributed by atoms with E-state index in [0.717, 1.165) is 23.9 Å². The molecule has 10 atom stereocenters. The van der Waals surface area contributed by atoms with Crippen molar-refractivity contribution in [2.75, 3.05) is 32.2 Å². The van der Waals surface area contributed by atoms with Crippen LogP contribution in [0.5, 0.6) is 0 Å². The van der Waals surface area contributed by atoms with Crippen LogP contribution in [0.1, 0.15) is 13.2 Å². The van der Waals surface area contributed by atoms with E-state index in [-0.39, 0.29) is 23.7 Å². The Balaban J connectivity index is 1.68. The third-order valence-electron chi connectivity index (χ3n) is 6.56. The van der Waals surface area contributed by atoms with E-state index in [1.54, 1.807) is 0 Å². The molecule has 3 unspecified atom stereocenters. The van der Waals surface area contributed by atoms with E-state index < -0.39 is 82.6 Å². The zero-order valence-corrected chi connectivity index (χ0v) is 23.6. The zero-order valence-electron chi connectivity index (χ0n) is 21.8. The number of phosphoric ester groups is 1. The van der Waals surface area contributed by atoms with E-state index >= 15 is 0 Å². The molecule has 0 aliphatic carbocycles. The number of phosphoric acid groups is 1. The Kier molecular flexibility index (Phi) is 9.06. The Morgan fingerprint density at radius 1 is 1.32 bits per heavy atom. The smallest absolute Gasteiger partial charge is 0.390 e. The van der Waals surface area contributed by atoms with Gasteiger partial charge in [-0.05, 0) is 0 Å². The summed E-state index contributed by atoms with van der Waals surface area (Å²) >= 11 is 0. The predicted octanol–water partition coefficient (Wildman–Crippen LogP) is -2.67. The van der Waals surface area contributed by atoms with Crippen LogP contribution in [0, 0.1) is 5.92 Å². The van der Waals surface area contributed by atoms with Gasteiger partial charge in [-0.3, -0.25) is 37.5 Å². The second-order valence-corrected chi connectivity index (χ2v) is 13.0. The second kappa shape index (κ2) is 11.8. The molecule has 2 aromatic rings. The molecular weight excluding hydrogens is 594 g/mol. The highest BCUT2D eigenvalue weighted by Crippen LogP contribution is 2.52. The van der Waals surface area contributed by atoms with E-state index in [9.17, 15) is 34.1 Å². The van der Waals surface area contributed by atoms with Crippen LogP contribution in [0.2, 0.25) is 0 Å². The van der Waals surface area contributed by atoms with Crippen LogP contribution >= 0.6 is 15.4 Å². The van der Waals surface area contributed by atoms with Gasteiger partial charge in [-0.15, -0.1) is 0 Å². The van der Waals surface area contributed by atoms with Gasteiger partial charge in [0.25, 0.3) is 5.56 Å². The number of imidazole rings is 1. The van der Waals surface area contributed by atoms with Crippen LogP contribution in [0.3, 0.4) is 0 Å². The fourth-order valence-electron chi connectivity index (χ4n) is 4.32. The Morgan fingerprint density at radius 3 is 2.71 bits per heavy atom. The summed E-state index contributed by atoms with van der Waals surface area (Å²) in [6.45, 7) is 0.658. The molecule has 2 fully saturated rings. The highest BCUT2D eigenvalue weighted by Gasteiger charge is 2.52. The summed E-state index contributed by atoms with van der Waals surface area (Å²) in [5.74, 6) is -1.22. The first-order valence-corrected chi connectivity index (χ1v) is 15.6. The number of nitrogens with two attached hydrogens (primary N) is 3. The number of rotatable bonds is 5. The van der Waals surface area contributed by atoms with Crippen LogP contribution in [0.15, 0.2) is 16.1 Å². The second-order valence-electron chi connectivity index (χ2n) is 9.63. The van der Waals surface area contributed by atoms with Crippen molar-refractivity contribution in [2.45, 2.75) is 49.4 Å². The molecule has 0 radical (unpaired) electrons. The molecule has 11 N–H and O–H groups in total. The molecule has 2 bridgehead atoms. The van der Waals surface area contributed by atoms with Crippen molar-refractivity contribution in [3.05, 3.63) is 16.7 Å². The molecule has 230 valence electrons. The number of hydrogen-bond acceptors (Lipinski definition) is 16. The van der Waals surface area contributed by atoms with Crippen molar-refractivity contribution in [1.82, 2.24) is 19.5 Å². The van der Waals surface area contributed by atoms with Crippen LogP contribution in [0.4, 0.5) is 5.95 Å². The first-order valence-electron chi connectivity index (χ1n) is 12.1. The number of aromatic nitrogens is 4. The van der Waals surface area contributed by atoms with Gasteiger partial charge in [0.05, 0.1) is 25.9 Å². The summed E-state index contributed by atoms with van der Waals surface area (Å²) in [4.78, 5) is 36.7. The number of H-pyrrole nitrogens is 1. The summed E-state index contributed by atoms with van der Waals surface area (Å²) in [6, 6.07) is 0. The maximum absolute atomic E-state index is 13.3. The number of aromatic amines is 1. The number of anilines is 1. The van der Waals surface area contributed by atoms with Gasteiger partial charge in [-0.1, -0.05) is 6.92 Å². The Hall–Kier alpha value is -2.32. The lowest BCUT2D eigenvalue weighted by molar-refractivity contribution is -0.146. The average molecular weight is 626 g/mol. The lowest BCUT2D eigenvalue weighted by atomic mass is 9.90. The standard InChI is InChI=1S/C19H32N8O12P2/c1-8(3-23-6-20)19(22,31)14-9(28)4-36-41(33,34)38-13-12(29)10(5-35-40(2,32)39-14)37-17(13)27-7-24-11-15(27)25-18(21)26-16(11)30/h6-10,12-14,17,28-29,31H,3-5,22H2,1-2H3,(H2,20,23)(H,33,34)(H3,21,25,26,30)/t8?,9-,10-,12-,13-,14-,17-,19-,40?/m1/s1. The number of nitrogens with one attached hydrogen (secondary N) is 1. The van der Waals surface area contributed by atoms with Gasteiger partial charge in [0.1, 0.15) is 36.2 Å². The Labute approximate surface area is 231 Å². The van der Waals surface area contributed by atoms with Crippen molar-refractivity contribution >= 4 is 38.9 Å². The fraction of sp³-hybridized carbons (Fsp3) is 0.684. The molecule has 0 spiro atoms. The van der Waals surface area contributed by atoms with Crippen LogP contribution in [-0.2, 0) is 32.0 Å². The maximum Gasteiger partial charge on any atom is 0.472 e. The topological polar surface area (TPSA) is 315 Å². The molecule has 4 heterocycles. The largest absolute Gasteiger partial charge is 0.472 e. The van der Waals surface area contributed by atoms with Crippen molar-refractivity contribution in [3.63, 3.8) is 0 Å². The van der Waals surface area contributed by atoms with E-state index in [1.807, 2.05) is 0 Å². The van der Waals surface area contributed by atoms with Gasteiger partial charge in [0.2, 0.25) is 5.95 Å². The molecule has 41 heavy (non-hydrogen) atoms. The van der Waals surface area contributed by atoms with Crippen molar-refractivity contribution in [1.29, 1.82) is 0 Å². The van der Waals surface area contributed by atoms with Crippen LogP contribution < -0.4 is 22.8 Å². The average Bonchev–Trinajstić information content (AvgIpc) is 3.43. The van der Waals surface area contributed by atoms with Crippen molar-refractivity contribution in [3.8, 4) is 0 Å².